The molecule has 0 radical (unpaired) electrons. The van der Waals surface area contributed by atoms with Crippen LogP contribution in [0.15, 0.2) is 103 Å². The molecule has 3 heteroatoms. The summed E-state index contributed by atoms with van der Waals surface area (Å²) in [6.45, 7) is 14.3. The average molecular weight is 799 g/mol. The van der Waals surface area contributed by atoms with Crippen LogP contribution in [0, 0.1) is 40.9 Å². The van der Waals surface area contributed by atoms with Gasteiger partial charge >= 0.3 is 0 Å². The molecule has 5 aromatic rings. The molecule has 0 amide bonds. The fourth-order valence-corrected chi connectivity index (χ4v) is 17.5. The average Bonchev–Trinajstić information content (AvgIpc) is 3.22. The smallest absolute Gasteiger partial charge is 0.252 e. The lowest BCUT2D eigenvalue weighted by Gasteiger charge is -2.80. The molecule has 61 heavy (non-hydrogen) atoms. The number of nitrogens with zero attached hydrogens (tertiary/aromatic N) is 2. The molecule has 10 aliphatic carbocycles. The van der Waals surface area contributed by atoms with Gasteiger partial charge in [-0.3, -0.25) is 0 Å². The van der Waals surface area contributed by atoms with E-state index in [1.165, 1.54) is 132 Å². The van der Waals surface area contributed by atoms with Gasteiger partial charge in [-0.25, -0.2) is 0 Å². The molecule has 12 aliphatic rings. The van der Waals surface area contributed by atoms with Crippen molar-refractivity contribution in [3.63, 3.8) is 0 Å². The Morgan fingerprint density at radius 2 is 1.00 bits per heavy atom. The van der Waals surface area contributed by atoms with Crippen LogP contribution in [0.3, 0.4) is 0 Å². The van der Waals surface area contributed by atoms with E-state index in [0.29, 0.717) is 16.2 Å². The summed E-state index contributed by atoms with van der Waals surface area (Å²) in [6.07, 6.45) is 16.0. The van der Waals surface area contributed by atoms with Gasteiger partial charge in [0.05, 0.1) is 0 Å². The van der Waals surface area contributed by atoms with E-state index in [9.17, 15) is 0 Å². The van der Waals surface area contributed by atoms with Crippen molar-refractivity contribution in [2.24, 2.45) is 40.9 Å². The molecule has 1 spiro atoms. The van der Waals surface area contributed by atoms with Crippen molar-refractivity contribution in [1.82, 2.24) is 0 Å². The second-order valence-electron chi connectivity index (χ2n) is 24.8. The molecule has 2 atom stereocenters. The number of anilines is 6. The van der Waals surface area contributed by atoms with Crippen LogP contribution < -0.4 is 26.2 Å². The SMILES string of the molecule is CC(C)(C)c1ccc(N2c3ccc(C(C)(C)C)cc3B3c4cc(C56CC7CC(CC(C7)C5)C6)ccc4N(c4ccc(C56CC7CC8(CC(C5)C78)C6)cc4)c4cccc2c43)cc1. The second-order valence-corrected chi connectivity index (χ2v) is 24.8. The van der Waals surface area contributed by atoms with E-state index >= 15 is 0 Å². The van der Waals surface area contributed by atoms with Gasteiger partial charge in [0.1, 0.15) is 0 Å². The molecular weight excluding hydrogens is 735 g/mol. The minimum atomic E-state index is 0.0397. The number of hydrogen-bond donors (Lipinski definition) is 0. The van der Waals surface area contributed by atoms with Crippen LogP contribution in [0.4, 0.5) is 34.1 Å². The van der Waals surface area contributed by atoms with Gasteiger partial charge in [-0.2, -0.15) is 0 Å². The van der Waals surface area contributed by atoms with E-state index < -0.39 is 0 Å². The maximum Gasteiger partial charge on any atom is 0.252 e. The lowest BCUT2D eigenvalue weighted by atomic mass is 9.24. The minimum Gasteiger partial charge on any atom is -0.311 e. The zero-order chi connectivity index (χ0) is 41.0. The van der Waals surface area contributed by atoms with Crippen LogP contribution in [-0.4, -0.2) is 6.71 Å². The molecular formula is C58H63BN2. The highest BCUT2D eigenvalue weighted by Gasteiger charge is 2.75. The number of benzene rings is 5. The van der Waals surface area contributed by atoms with Crippen LogP contribution in [-0.2, 0) is 21.7 Å². The fourth-order valence-electron chi connectivity index (χ4n) is 17.5. The van der Waals surface area contributed by atoms with Gasteiger partial charge in [-0.05, 0) is 220 Å². The number of hydrogen-bond acceptors (Lipinski definition) is 2. The Morgan fingerprint density at radius 1 is 0.492 bits per heavy atom. The topological polar surface area (TPSA) is 6.48 Å². The van der Waals surface area contributed by atoms with Gasteiger partial charge in [0, 0.05) is 34.1 Å². The summed E-state index contributed by atoms with van der Waals surface area (Å²) >= 11 is 0. The third kappa shape index (κ3) is 4.83. The quantitative estimate of drug-likeness (QED) is 0.164. The number of fused-ring (bicyclic) bond motifs is 4. The normalized spacial score (nSPS) is 34.1. The first-order valence-corrected chi connectivity index (χ1v) is 24.5. The maximum absolute atomic E-state index is 2.77. The predicted octanol–water partition coefficient (Wildman–Crippen LogP) is 12.9. The van der Waals surface area contributed by atoms with E-state index in [2.05, 4.69) is 154 Å². The van der Waals surface area contributed by atoms with Gasteiger partial charge in [-0.15, -0.1) is 0 Å². The van der Waals surface area contributed by atoms with Crippen LogP contribution in [0.5, 0.6) is 0 Å². The molecule has 0 N–H and O–H groups in total. The molecule has 2 aliphatic heterocycles. The Bertz CT molecular complexity index is 2620. The minimum absolute atomic E-state index is 0.0397. The zero-order valence-electron chi connectivity index (χ0n) is 37.5. The highest BCUT2D eigenvalue weighted by Crippen LogP contribution is 2.82. The lowest BCUT2D eigenvalue weighted by Crippen LogP contribution is -2.73. The summed E-state index contributed by atoms with van der Waals surface area (Å²) in [5, 5.41) is 0. The molecule has 2 unspecified atom stereocenters. The van der Waals surface area contributed by atoms with Crippen molar-refractivity contribution in [2.75, 3.05) is 9.80 Å². The summed E-state index contributed by atoms with van der Waals surface area (Å²) in [4.78, 5) is 5.29. The van der Waals surface area contributed by atoms with E-state index in [1.54, 1.807) is 11.1 Å². The highest BCUT2D eigenvalue weighted by atomic mass is 15.2. The molecule has 9 bridgehead atoms. The Hall–Kier alpha value is -4.24. The van der Waals surface area contributed by atoms with Gasteiger partial charge < -0.3 is 9.80 Å². The molecule has 17 rings (SSSR count). The van der Waals surface area contributed by atoms with Gasteiger partial charge in [-0.1, -0.05) is 96.1 Å². The van der Waals surface area contributed by atoms with E-state index in [0.717, 1.165) is 35.5 Å². The molecule has 0 aromatic heterocycles. The highest BCUT2D eigenvalue weighted by molar-refractivity contribution is 7.00. The third-order valence-electron chi connectivity index (χ3n) is 19.3. The summed E-state index contributed by atoms with van der Waals surface area (Å²) < 4.78 is 0. The van der Waals surface area contributed by atoms with Crippen LogP contribution >= 0.6 is 0 Å². The van der Waals surface area contributed by atoms with E-state index in [-0.39, 0.29) is 17.5 Å². The first kappa shape index (κ1) is 36.3. The monoisotopic (exact) mass is 799 g/mol. The van der Waals surface area contributed by atoms with E-state index in [4.69, 9.17) is 0 Å². The van der Waals surface area contributed by atoms with E-state index in [1.807, 2.05) is 0 Å². The van der Waals surface area contributed by atoms with Crippen LogP contribution in [0.1, 0.15) is 134 Å². The summed E-state index contributed by atoms with van der Waals surface area (Å²) in [5.41, 5.74) is 20.0. The van der Waals surface area contributed by atoms with Crippen molar-refractivity contribution in [2.45, 2.75) is 134 Å². The Labute approximate surface area is 365 Å². The first-order chi connectivity index (χ1) is 29.3. The third-order valence-corrected chi connectivity index (χ3v) is 19.3. The lowest BCUT2D eigenvalue weighted by molar-refractivity contribution is -0.288. The van der Waals surface area contributed by atoms with Crippen molar-refractivity contribution < 1.29 is 0 Å². The fraction of sp³-hybridized carbons (Fsp3) is 0.483. The molecule has 2 heterocycles. The van der Waals surface area contributed by atoms with Crippen LogP contribution in [0.25, 0.3) is 0 Å². The van der Waals surface area contributed by atoms with Gasteiger partial charge in [0.25, 0.3) is 6.71 Å². The largest absolute Gasteiger partial charge is 0.311 e. The summed E-state index contributed by atoms with van der Waals surface area (Å²) in [7, 11) is 0. The standard InChI is InChI=1S/C58H63BN2/c1-54(2,3)40-10-16-44(17-11-40)60-48-20-14-42(55(4,5)6)25-46(48)59-47-26-43(56-27-35-22-36(28-56)24-37(23-35)29-56)15-21-49(47)61(51-9-7-8-50(60)53(51)59)45-18-12-41(13-19-45)57-30-38-32-58(34-57)33-39(31-57)52(38)58/h7-21,25-26,35-39,52H,22-24,27-34H2,1-6H3. The van der Waals surface area contributed by atoms with Crippen molar-refractivity contribution in [3.8, 4) is 0 Å². The number of rotatable bonds is 4. The molecule has 5 aromatic carbocycles. The second kappa shape index (κ2) is 11.7. The van der Waals surface area contributed by atoms with Gasteiger partial charge in [0.2, 0.25) is 0 Å². The Kier molecular flexibility index (Phi) is 6.93. The predicted molar refractivity (Wildman–Crippen MR) is 255 cm³/mol. The first-order valence-electron chi connectivity index (χ1n) is 24.5. The molecule has 10 saturated carbocycles. The molecule has 0 saturated heterocycles. The Balaban J connectivity index is 0.969. The van der Waals surface area contributed by atoms with Crippen LogP contribution in [0.2, 0.25) is 0 Å². The Morgan fingerprint density at radius 3 is 1.56 bits per heavy atom. The molecule has 2 nitrogen and oxygen atoms in total. The molecule has 308 valence electrons. The van der Waals surface area contributed by atoms with Gasteiger partial charge in [0.15, 0.2) is 0 Å². The molecule has 10 fully saturated rings. The summed E-state index contributed by atoms with van der Waals surface area (Å²) in [5.74, 6) is 5.84. The summed E-state index contributed by atoms with van der Waals surface area (Å²) in [6, 6.07) is 42.3. The zero-order valence-corrected chi connectivity index (χ0v) is 37.5. The van der Waals surface area contributed by atoms with Crippen molar-refractivity contribution >= 4 is 57.2 Å². The van der Waals surface area contributed by atoms with Crippen molar-refractivity contribution in [1.29, 1.82) is 0 Å². The van der Waals surface area contributed by atoms with Crippen molar-refractivity contribution in [3.05, 3.63) is 125 Å². The maximum atomic E-state index is 2.77.